The molecule has 0 saturated heterocycles. The Labute approximate surface area is 193 Å². The Morgan fingerprint density at radius 3 is 2.59 bits per heavy atom. The smallest absolute Gasteiger partial charge is 0.234 e. The number of hydrogen-bond donors (Lipinski definition) is 2. The number of benzene rings is 3. The molecule has 0 amide bonds. The molecule has 2 N–H and O–H groups in total. The lowest BCUT2D eigenvalue weighted by Crippen LogP contribution is -2.32. The summed E-state index contributed by atoms with van der Waals surface area (Å²) in [4.78, 5) is 4.73. The second-order valence-electron chi connectivity index (χ2n) is 7.18. The fourth-order valence-corrected chi connectivity index (χ4v) is 5.11. The summed E-state index contributed by atoms with van der Waals surface area (Å²) in [5, 5.41) is 32.9. The number of aromatic nitrogens is 2. The quantitative estimate of drug-likeness (QED) is 0.225. The molecule has 1 aliphatic rings. The zero-order chi connectivity index (χ0) is 22.1. The fourth-order valence-electron chi connectivity index (χ4n) is 3.52. The third-order valence-corrected chi connectivity index (χ3v) is 6.76. The number of aliphatic imine (C=N–C) groups is 1. The van der Waals surface area contributed by atoms with Crippen molar-refractivity contribution in [2.75, 3.05) is 5.32 Å². The molecule has 0 spiro atoms. The average Bonchev–Trinajstić information content (AvgIpc) is 3.39. The summed E-state index contributed by atoms with van der Waals surface area (Å²) in [7, 11) is 0. The Kier molecular flexibility index (Phi) is 5.50. The van der Waals surface area contributed by atoms with Crippen LogP contribution in [0.5, 0.6) is 5.75 Å². The van der Waals surface area contributed by atoms with Crippen LogP contribution in [0.25, 0.3) is 10.8 Å². The number of guanidine groups is 1. The standard InChI is InChI=1S/C23H20N6OS2/c1-14-26-27-23(32-14)25-22(24-19-12-5-6-13-20(19)30)29-21(31-15(2)28-29)18-11-7-9-16-8-3-4-10-17(16)18/h3-13,21,30H,1-2H3,(H,24,25,27)/t21-/m1/s1. The van der Waals surface area contributed by atoms with E-state index < -0.39 is 0 Å². The first kappa shape index (κ1) is 20.5. The van der Waals surface area contributed by atoms with E-state index in [1.54, 1.807) is 30.0 Å². The van der Waals surface area contributed by atoms with Crippen LogP contribution in [0.3, 0.4) is 0 Å². The lowest BCUT2D eigenvalue weighted by molar-refractivity contribution is 0.438. The molecule has 0 unspecified atom stereocenters. The van der Waals surface area contributed by atoms with Crippen LogP contribution in [0.1, 0.15) is 22.9 Å². The van der Waals surface area contributed by atoms with E-state index in [2.05, 4.69) is 45.8 Å². The van der Waals surface area contributed by atoms with Gasteiger partial charge in [0, 0.05) is 0 Å². The lowest BCUT2D eigenvalue weighted by Gasteiger charge is -2.26. The molecule has 3 aromatic carbocycles. The fraction of sp³-hybridized carbons (Fsp3) is 0.130. The van der Waals surface area contributed by atoms with E-state index >= 15 is 0 Å². The maximum absolute atomic E-state index is 10.3. The van der Waals surface area contributed by atoms with Gasteiger partial charge in [-0.1, -0.05) is 77.7 Å². The molecular weight excluding hydrogens is 440 g/mol. The van der Waals surface area contributed by atoms with Crippen molar-refractivity contribution in [1.29, 1.82) is 0 Å². The minimum atomic E-state index is -0.132. The first-order chi connectivity index (χ1) is 15.6. The van der Waals surface area contributed by atoms with Gasteiger partial charge in [0.2, 0.25) is 11.1 Å². The summed E-state index contributed by atoms with van der Waals surface area (Å²) in [6.07, 6.45) is 0. The van der Waals surface area contributed by atoms with Gasteiger partial charge in [0.05, 0.1) is 10.7 Å². The molecule has 0 fully saturated rings. The van der Waals surface area contributed by atoms with E-state index in [0.29, 0.717) is 16.8 Å². The Morgan fingerprint density at radius 1 is 1.00 bits per heavy atom. The number of phenols is 1. The van der Waals surface area contributed by atoms with Gasteiger partial charge < -0.3 is 10.4 Å². The molecular formula is C23H20N6OS2. The first-order valence-electron chi connectivity index (χ1n) is 10.0. The highest BCUT2D eigenvalue weighted by atomic mass is 32.2. The Morgan fingerprint density at radius 2 is 1.78 bits per heavy atom. The van der Waals surface area contributed by atoms with Crippen LogP contribution >= 0.6 is 23.1 Å². The molecule has 9 heteroatoms. The lowest BCUT2D eigenvalue weighted by atomic mass is 10.0. The third kappa shape index (κ3) is 4.04. The minimum Gasteiger partial charge on any atom is -0.506 e. The second kappa shape index (κ2) is 8.60. The third-order valence-electron chi connectivity index (χ3n) is 4.93. The van der Waals surface area contributed by atoms with Gasteiger partial charge in [-0.05, 0) is 42.3 Å². The van der Waals surface area contributed by atoms with Crippen molar-refractivity contribution < 1.29 is 5.11 Å². The van der Waals surface area contributed by atoms with Gasteiger partial charge in [-0.15, -0.1) is 10.2 Å². The molecule has 5 rings (SSSR count). The van der Waals surface area contributed by atoms with Crippen molar-refractivity contribution in [2.45, 2.75) is 19.2 Å². The number of para-hydroxylation sites is 2. The van der Waals surface area contributed by atoms with Crippen LogP contribution in [0, 0.1) is 6.92 Å². The second-order valence-corrected chi connectivity index (χ2v) is 9.62. The predicted molar refractivity (Wildman–Crippen MR) is 133 cm³/mol. The molecule has 4 aromatic rings. The predicted octanol–water partition coefficient (Wildman–Crippen LogP) is 5.89. The molecule has 32 heavy (non-hydrogen) atoms. The molecule has 2 heterocycles. The van der Waals surface area contributed by atoms with Crippen LogP contribution in [0.4, 0.5) is 10.8 Å². The van der Waals surface area contributed by atoms with Gasteiger partial charge in [-0.3, -0.25) is 0 Å². The van der Waals surface area contributed by atoms with Gasteiger partial charge in [0.15, 0.2) is 0 Å². The highest BCUT2D eigenvalue weighted by Crippen LogP contribution is 2.42. The molecule has 1 aliphatic heterocycles. The highest BCUT2D eigenvalue weighted by molar-refractivity contribution is 8.14. The van der Waals surface area contributed by atoms with Gasteiger partial charge in [0.25, 0.3) is 0 Å². The van der Waals surface area contributed by atoms with Crippen LogP contribution in [0.15, 0.2) is 76.8 Å². The number of fused-ring (bicyclic) bond motifs is 1. The van der Waals surface area contributed by atoms with Crippen LogP contribution < -0.4 is 5.32 Å². The number of phenolic OH excluding ortho intramolecular Hbond substituents is 1. The molecule has 0 radical (unpaired) electrons. The average molecular weight is 461 g/mol. The monoisotopic (exact) mass is 460 g/mol. The molecule has 0 saturated carbocycles. The largest absolute Gasteiger partial charge is 0.506 e. The van der Waals surface area contributed by atoms with Gasteiger partial charge in [-0.2, -0.15) is 10.1 Å². The Bertz CT molecular complexity index is 1340. The van der Waals surface area contributed by atoms with Crippen LogP contribution in [-0.2, 0) is 0 Å². The van der Waals surface area contributed by atoms with Crippen molar-refractivity contribution in [2.24, 2.45) is 10.1 Å². The molecule has 7 nitrogen and oxygen atoms in total. The SMILES string of the molecule is CC1=NN(/C(=N/c2nnc(C)s2)Nc2ccccc2O)[C@@H](c2cccc3ccccc23)S1. The summed E-state index contributed by atoms with van der Waals surface area (Å²) in [5.74, 6) is 0.591. The summed E-state index contributed by atoms with van der Waals surface area (Å²) in [5.41, 5.74) is 1.67. The van der Waals surface area contributed by atoms with E-state index in [1.165, 1.54) is 16.7 Å². The van der Waals surface area contributed by atoms with Crippen molar-refractivity contribution in [3.63, 3.8) is 0 Å². The summed E-state index contributed by atoms with van der Waals surface area (Å²) < 4.78 is 0. The van der Waals surface area contributed by atoms with E-state index in [-0.39, 0.29) is 11.1 Å². The van der Waals surface area contributed by atoms with Crippen molar-refractivity contribution in [1.82, 2.24) is 15.2 Å². The maximum atomic E-state index is 10.3. The molecule has 1 aromatic heterocycles. The van der Waals surface area contributed by atoms with Crippen LogP contribution in [-0.4, -0.2) is 31.3 Å². The maximum Gasteiger partial charge on any atom is 0.234 e. The van der Waals surface area contributed by atoms with Crippen molar-refractivity contribution in [3.8, 4) is 5.75 Å². The molecule has 0 bridgehead atoms. The normalized spacial score (nSPS) is 16.4. The number of thioether (sulfide) groups is 1. The van der Waals surface area contributed by atoms with Gasteiger partial charge in [-0.25, -0.2) is 5.01 Å². The molecule has 160 valence electrons. The number of rotatable bonds is 3. The topological polar surface area (TPSA) is 86.0 Å². The minimum absolute atomic E-state index is 0.128. The number of nitrogens with zero attached hydrogens (tertiary/aromatic N) is 5. The highest BCUT2D eigenvalue weighted by Gasteiger charge is 2.32. The zero-order valence-electron chi connectivity index (χ0n) is 17.4. The number of anilines is 1. The summed E-state index contributed by atoms with van der Waals surface area (Å²) in [6.45, 7) is 3.87. The first-order valence-corrected chi connectivity index (χ1v) is 11.7. The summed E-state index contributed by atoms with van der Waals surface area (Å²) in [6, 6.07) is 21.7. The molecule has 0 aliphatic carbocycles. The van der Waals surface area contributed by atoms with E-state index in [0.717, 1.165) is 21.0 Å². The van der Waals surface area contributed by atoms with Gasteiger partial charge in [0.1, 0.15) is 16.1 Å². The number of aromatic hydroxyl groups is 1. The van der Waals surface area contributed by atoms with Crippen LogP contribution in [0.2, 0.25) is 0 Å². The Balaban J connectivity index is 1.61. The van der Waals surface area contributed by atoms with Gasteiger partial charge >= 0.3 is 0 Å². The number of hydrogen-bond acceptors (Lipinski definition) is 7. The van der Waals surface area contributed by atoms with Crippen molar-refractivity contribution >= 4 is 55.7 Å². The van der Waals surface area contributed by atoms with E-state index in [1.807, 2.05) is 37.1 Å². The van der Waals surface area contributed by atoms with E-state index in [9.17, 15) is 5.11 Å². The Hall–Kier alpha value is -3.43. The number of hydrazone groups is 1. The van der Waals surface area contributed by atoms with E-state index in [4.69, 9.17) is 10.1 Å². The number of aryl methyl sites for hydroxylation is 1. The molecule has 1 atom stereocenters. The zero-order valence-corrected chi connectivity index (χ0v) is 19.1. The summed E-state index contributed by atoms with van der Waals surface area (Å²) >= 11 is 3.06. The number of nitrogens with one attached hydrogen (secondary N) is 1. The van der Waals surface area contributed by atoms with Crippen molar-refractivity contribution in [3.05, 3.63) is 77.3 Å².